The Kier molecular flexibility index (Phi) is 3.76. The second-order valence-corrected chi connectivity index (χ2v) is 3.02. The van der Waals surface area contributed by atoms with E-state index in [2.05, 4.69) is 17.3 Å². The van der Waals surface area contributed by atoms with Crippen molar-refractivity contribution in [3.05, 3.63) is 12.4 Å². The predicted molar refractivity (Wildman–Crippen MR) is 51.9 cm³/mol. The smallest absolute Gasteiger partial charge is 0.157 e. The molecule has 1 heterocycles. The average Bonchev–Trinajstić information content (AvgIpc) is 2.53. The molecule has 1 unspecified atom stereocenters. The SMILES string of the molecule is CCOc1cnn(CC(C)NC)c1. The highest BCUT2D eigenvalue weighted by Crippen LogP contribution is 2.07. The minimum Gasteiger partial charge on any atom is -0.491 e. The van der Waals surface area contributed by atoms with Gasteiger partial charge in [-0.3, -0.25) is 4.68 Å². The Balaban J connectivity index is 2.48. The Morgan fingerprint density at radius 1 is 1.69 bits per heavy atom. The van der Waals surface area contributed by atoms with Gasteiger partial charge in [0.1, 0.15) is 0 Å². The maximum Gasteiger partial charge on any atom is 0.157 e. The Morgan fingerprint density at radius 2 is 2.46 bits per heavy atom. The quantitative estimate of drug-likeness (QED) is 0.737. The number of nitrogens with one attached hydrogen (secondary N) is 1. The van der Waals surface area contributed by atoms with E-state index in [9.17, 15) is 0 Å². The van der Waals surface area contributed by atoms with E-state index in [1.165, 1.54) is 0 Å². The Hall–Kier alpha value is -1.03. The van der Waals surface area contributed by atoms with Gasteiger partial charge in [0, 0.05) is 6.04 Å². The molecular formula is C9H17N3O. The first-order chi connectivity index (χ1) is 6.26. The van der Waals surface area contributed by atoms with E-state index in [0.717, 1.165) is 12.3 Å². The summed E-state index contributed by atoms with van der Waals surface area (Å²) in [5.41, 5.74) is 0. The van der Waals surface area contributed by atoms with Crippen molar-refractivity contribution in [2.75, 3.05) is 13.7 Å². The number of ether oxygens (including phenoxy) is 1. The zero-order valence-electron chi connectivity index (χ0n) is 8.45. The highest BCUT2D eigenvalue weighted by atomic mass is 16.5. The van der Waals surface area contributed by atoms with Gasteiger partial charge in [0.2, 0.25) is 0 Å². The summed E-state index contributed by atoms with van der Waals surface area (Å²) >= 11 is 0. The number of nitrogens with zero attached hydrogens (tertiary/aromatic N) is 2. The summed E-state index contributed by atoms with van der Waals surface area (Å²) in [6.07, 6.45) is 3.66. The van der Waals surface area contributed by atoms with Gasteiger partial charge in [-0.25, -0.2) is 0 Å². The number of likely N-dealkylation sites (N-methyl/N-ethyl adjacent to an activating group) is 1. The van der Waals surface area contributed by atoms with Crippen LogP contribution >= 0.6 is 0 Å². The molecule has 0 aliphatic rings. The molecular weight excluding hydrogens is 166 g/mol. The van der Waals surface area contributed by atoms with E-state index in [4.69, 9.17) is 4.74 Å². The molecule has 1 N–H and O–H groups in total. The van der Waals surface area contributed by atoms with E-state index < -0.39 is 0 Å². The van der Waals surface area contributed by atoms with Gasteiger partial charge in [-0.05, 0) is 20.9 Å². The molecule has 0 aliphatic carbocycles. The molecule has 1 rings (SSSR count). The van der Waals surface area contributed by atoms with Crippen LogP contribution < -0.4 is 10.1 Å². The molecule has 74 valence electrons. The second-order valence-electron chi connectivity index (χ2n) is 3.02. The molecule has 0 fully saturated rings. The van der Waals surface area contributed by atoms with Crippen LogP contribution in [0.25, 0.3) is 0 Å². The Bertz CT molecular complexity index is 247. The zero-order chi connectivity index (χ0) is 9.68. The molecule has 4 heteroatoms. The van der Waals surface area contributed by atoms with Crippen molar-refractivity contribution in [1.82, 2.24) is 15.1 Å². The van der Waals surface area contributed by atoms with Crippen molar-refractivity contribution >= 4 is 0 Å². The molecule has 1 aromatic rings. The first-order valence-corrected chi connectivity index (χ1v) is 4.58. The summed E-state index contributed by atoms with van der Waals surface area (Å²) in [6.45, 7) is 5.63. The van der Waals surface area contributed by atoms with Crippen LogP contribution in [0, 0.1) is 0 Å². The van der Waals surface area contributed by atoms with Crippen molar-refractivity contribution < 1.29 is 4.74 Å². The van der Waals surface area contributed by atoms with E-state index >= 15 is 0 Å². The molecule has 0 saturated carbocycles. The monoisotopic (exact) mass is 183 g/mol. The third-order valence-electron chi connectivity index (χ3n) is 1.87. The van der Waals surface area contributed by atoms with Gasteiger partial charge in [0.25, 0.3) is 0 Å². The van der Waals surface area contributed by atoms with Crippen LogP contribution in [0.1, 0.15) is 13.8 Å². The highest BCUT2D eigenvalue weighted by Gasteiger charge is 2.02. The third kappa shape index (κ3) is 3.06. The number of aromatic nitrogens is 2. The number of hydrogen-bond acceptors (Lipinski definition) is 3. The molecule has 4 nitrogen and oxygen atoms in total. The fraction of sp³-hybridized carbons (Fsp3) is 0.667. The molecule has 13 heavy (non-hydrogen) atoms. The van der Waals surface area contributed by atoms with Gasteiger partial charge in [-0.2, -0.15) is 5.10 Å². The van der Waals surface area contributed by atoms with Crippen LogP contribution in [-0.2, 0) is 6.54 Å². The van der Waals surface area contributed by atoms with Gasteiger partial charge < -0.3 is 10.1 Å². The van der Waals surface area contributed by atoms with Gasteiger partial charge in [-0.1, -0.05) is 0 Å². The summed E-state index contributed by atoms with van der Waals surface area (Å²) in [5.74, 6) is 0.839. The lowest BCUT2D eigenvalue weighted by atomic mass is 10.3. The van der Waals surface area contributed by atoms with Crippen molar-refractivity contribution in [3.63, 3.8) is 0 Å². The topological polar surface area (TPSA) is 39.1 Å². The average molecular weight is 183 g/mol. The molecule has 1 atom stereocenters. The summed E-state index contributed by atoms with van der Waals surface area (Å²) in [6, 6.07) is 0.425. The van der Waals surface area contributed by atoms with Crippen LogP contribution in [-0.4, -0.2) is 29.5 Å². The second kappa shape index (κ2) is 4.87. The van der Waals surface area contributed by atoms with Crippen molar-refractivity contribution in [2.45, 2.75) is 26.4 Å². The maximum atomic E-state index is 5.30. The molecule has 0 amide bonds. The Morgan fingerprint density at radius 3 is 3.08 bits per heavy atom. The minimum absolute atomic E-state index is 0.425. The van der Waals surface area contributed by atoms with E-state index in [1.54, 1.807) is 6.20 Å². The van der Waals surface area contributed by atoms with Gasteiger partial charge in [0.05, 0.1) is 25.5 Å². The molecule has 0 aromatic carbocycles. The lowest BCUT2D eigenvalue weighted by molar-refractivity contribution is 0.339. The minimum atomic E-state index is 0.425. The summed E-state index contributed by atoms with van der Waals surface area (Å²) in [5, 5.41) is 7.33. The lowest BCUT2D eigenvalue weighted by Gasteiger charge is -2.08. The van der Waals surface area contributed by atoms with E-state index in [0.29, 0.717) is 12.6 Å². The fourth-order valence-electron chi connectivity index (χ4n) is 1.06. The molecule has 0 aliphatic heterocycles. The normalized spacial score (nSPS) is 12.8. The summed E-state index contributed by atoms with van der Waals surface area (Å²) < 4.78 is 7.18. The zero-order valence-corrected chi connectivity index (χ0v) is 8.45. The predicted octanol–water partition coefficient (Wildman–Crippen LogP) is 0.890. The van der Waals surface area contributed by atoms with Crippen molar-refractivity contribution in [2.24, 2.45) is 0 Å². The van der Waals surface area contributed by atoms with Crippen LogP contribution in [0.3, 0.4) is 0 Å². The summed E-state index contributed by atoms with van der Waals surface area (Å²) in [7, 11) is 1.94. The first kappa shape index (κ1) is 10.1. The lowest BCUT2D eigenvalue weighted by Crippen LogP contribution is -2.26. The van der Waals surface area contributed by atoms with Crippen LogP contribution in [0.5, 0.6) is 5.75 Å². The van der Waals surface area contributed by atoms with Gasteiger partial charge in [0.15, 0.2) is 5.75 Å². The number of rotatable bonds is 5. The van der Waals surface area contributed by atoms with Crippen LogP contribution in [0.2, 0.25) is 0 Å². The molecule has 0 radical (unpaired) electrons. The largest absolute Gasteiger partial charge is 0.491 e. The van der Waals surface area contributed by atoms with Crippen LogP contribution in [0.15, 0.2) is 12.4 Å². The van der Waals surface area contributed by atoms with Crippen LogP contribution in [0.4, 0.5) is 0 Å². The van der Waals surface area contributed by atoms with Crippen molar-refractivity contribution in [3.8, 4) is 5.75 Å². The molecule has 1 aromatic heterocycles. The first-order valence-electron chi connectivity index (χ1n) is 4.58. The van der Waals surface area contributed by atoms with E-state index in [1.807, 2.05) is 24.9 Å². The molecule has 0 spiro atoms. The highest BCUT2D eigenvalue weighted by molar-refractivity contribution is 5.11. The Labute approximate surface area is 78.9 Å². The molecule has 0 saturated heterocycles. The summed E-state index contributed by atoms with van der Waals surface area (Å²) in [4.78, 5) is 0. The number of hydrogen-bond donors (Lipinski definition) is 1. The fourth-order valence-corrected chi connectivity index (χ4v) is 1.06. The van der Waals surface area contributed by atoms with E-state index in [-0.39, 0.29) is 0 Å². The van der Waals surface area contributed by atoms with Crippen molar-refractivity contribution in [1.29, 1.82) is 0 Å². The third-order valence-corrected chi connectivity index (χ3v) is 1.87. The van der Waals surface area contributed by atoms with Gasteiger partial charge >= 0.3 is 0 Å². The molecule has 0 bridgehead atoms. The van der Waals surface area contributed by atoms with Gasteiger partial charge in [-0.15, -0.1) is 0 Å². The standard InChI is InChI=1S/C9H17N3O/c1-4-13-9-5-11-12(7-9)6-8(2)10-3/h5,7-8,10H,4,6H2,1-3H3. The maximum absolute atomic E-state index is 5.30.